The van der Waals surface area contributed by atoms with Gasteiger partial charge in [0.05, 0.1) is 6.61 Å². The van der Waals surface area contributed by atoms with Gasteiger partial charge in [-0.1, -0.05) is 13.3 Å². The maximum absolute atomic E-state index is 11.8. The number of rotatable bonds is 5. The number of aromatic nitrogens is 2. The summed E-state index contributed by atoms with van der Waals surface area (Å²) in [7, 11) is 0. The Balaban J connectivity index is 1.82. The number of hydrogen-bond acceptors (Lipinski definition) is 5. The predicted octanol–water partition coefficient (Wildman–Crippen LogP) is 2.36. The van der Waals surface area contributed by atoms with E-state index in [1.54, 1.807) is 9.47 Å². The molecule has 0 N–H and O–H groups in total. The summed E-state index contributed by atoms with van der Waals surface area (Å²) < 4.78 is 6.94. The SMILES string of the molecule is CCCCOC(=O)N1CCC(n2cnc([N+](=O)[O-])c2)CC1. The van der Waals surface area contributed by atoms with E-state index >= 15 is 0 Å². The number of nitro groups is 1. The first-order valence-electron chi connectivity index (χ1n) is 7.21. The zero-order valence-corrected chi connectivity index (χ0v) is 12.1. The number of imidazole rings is 1. The van der Waals surface area contributed by atoms with Crippen LogP contribution in [0.4, 0.5) is 10.6 Å². The second kappa shape index (κ2) is 7.05. The van der Waals surface area contributed by atoms with Crippen molar-refractivity contribution < 1.29 is 14.5 Å². The van der Waals surface area contributed by atoms with Crippen LogP contribution in [0.5, 0.6) is 0 Å². The van der Waals surface area contributed by atoms with E-state index in [4.69, 9.17) is 4.74 Å². The van der Waals surface area contributed by atoms with Gasteiger partial charge in [-0.3, -0.25) is 0 Å². The molecular weight excluding hydrogens is 276 g/mol. The second-order valence-corrected chi connectivity index (χ2v) is 5.12. The molecule has 0 unspecified atom stereocenters. The number of hydrogen-bond donors (Lipinski definition) is 0. The number of unbranched alkanes of at least 4 members (excludes halogenated alkanes) is 1. The standard InChI is InChI=1S/C13H20N4O4/c1-2-3-8-21-13(18)15-6-4-11(5-7-15)16-9-12(14-10-16)17(19)20/h9-11H,2-8H2,1H3. The molecule has 1 aliphatic rings. The lowest BCUT2D eigenvalue weighted by atomic mass is 10.1. The summed E-state index contributed by atoms with van der Waals surface area (Å²) in [5.74, 6) is -0.142. The van der Waals surface area contributed by atoms with Crippen LogP contribution in [0.25, 0.3) is 0 Å². The summed E-state index contributed by atoms with van der Waals surface area (Å²) >= 11 is 0. The van der Waals surface area contributed by atoms with E-state index in [0.717, 1.165) is 25.7 Å². The molecule has 2 rings (SSSR count). The van der Waals surface area contributed by atoms with Crippen LogP contribution in [0, 0.1) is 10.1 Å². The van der Waals surface area contributed by atoms with Crippen molar-refractivity contribution in [3.8, 4) is 0 Å². The minimum absolute atomic E-state index is 0.142. The first kappa shape index (κ1) is 15.3. The smallest absolute Gasteiger partial charge is 0.409 e. The normalized spacial score (nSPS) is 16.0. The summed E-state index contributed by atoms with van der Waals surface area (Å²) in [5, 5.41) is 10.6. The molecule has 1 fully saturated rings. The van der Waals surface area contributed by atoms with Crippen LogP contribution < -0.4 is 0 Å². The van der Waals surface area contributed by atoms with Crippen molar-refractivity contribution in [1.82, 2.24) is 14.5 Å². The molecule has 1 saturated heterocycles. The maximum atomic E-state index is 11.8. The summed E-state index contributed by atoms with van der Waals surface area (Å²) in [6.45, 7) is 3.70. The molecule has 0 radical (unpaired) electrons. The first-order valence-corrected chi connectivity index (χ1v) is 7.21. The van der Waals surface area contributed by atoms with Gasteiger partial charge in [-0.2, -0.15) is 0 Å². The maximum Gasteiger partial charge on any atom is 0.409 e. The van der Waals surface area contributed by atoms with Gasteiger partial charge in [0.15, 0.2) is 0 Å². The fourth-order valence-electron chi connectivity index (χ4n) is 2.36. The summed E-state index contributed by atoms with van der Waals surface area (Å²) in [5.41, 5.74) is 0. The van der Waals surface area contributed by atoms with Gasteiger partial charge in [0, 0.05) is 19.1 Å². The van der Waals surface area contributed by atoms with Gasteiger partial charge in [-0.15, -0.1) is 0 Å². The molecule has 0 saturated carbocycles. The van der Waals surface area contributed by atoms with Crippen LogP contribution >= 0.6 is 0 Å². The highest BCUT2D eigenvalue weighted by Gasteiger charge is 2.26. The molecule has 0 bridgehead atoms. The van der Waals surface area contributed by atoms with E-state index in [0.29, 0.717) is 19.7 Å². The van der Waals surface area contributed by atoms with Crippen molar-refractivity contribution in [2.45, 2.75) is 38.6 Å². The van der Waals surface area contributed by atoms with Crippen LogP contribution in [0.2, 0.25) is 0 Å². The number of ether oxygens (including phenoxy) is 1. The molecule has 1 aromatic rings. The average Bonchev–Trinajstić information content (AvgIpc) is 2.97. The Bertz CT molecular complexity index is 494. The minimum Gasteiger partial charge on any atom is -0.449 e. The van der Waals surface area contributed by atoms with E-state index in [1.165, 1.54) is 12.5 Å². The van der Waals surface area contributed by atoms with Gasteiger partial charge >= 0.3 is 11.9 Å². The number of carbonyl (C=O) groups excluding carboxylic acids is 1. The Morgan fingerprint density at radius 1 is 1.52 bits per heavy atom. The average molecular weight is 296 g/mol. The topological polar surface area (TPSA) is 90.5 Å². The van der Waals surface area contributed by atoms with E-state index < -0.39 is 4.92 Å². The first-order chi connectivity index (χ1) is 10.1. The number of piperidine rings is 1. The molecule has 0 aliphatic carbocycles. The Morgan fingerprint density at radius 3 is 2.81 bits per heavy atom. The van der Waals surface area contributed by atoms with Crippen LogP contribution in [0.3, 0.4) is 0 Å². The Morgan fingerprint density at radius 2 is 2.24 bits per heavy atom. The fraction of sp³-hybridized carbons (Fsp3) is 0.692. The van der Waals surface area contributed by atoms with Crippen molar-refractivity contribution in [2.75, 3.05) is 19.7 Å². The van der Waals surface area contributed by atoms with Gasteiger partial charge in [-0.05, 0) is 29.2 Å². The zero-order valence-electron chi connectivity index (χ0n) is 12.1. The predicted molar refractivity (Wildman–Crippen MR) is 75.0 cm³/mol. The number of nitrogens with zero attached hydrogens (tertiary/aromatic N) is 4. The van der Waals surface area contributed by atoms with Crippen molar-refractivity contribution >= 4 is 11.9 Å². The second-order valence-electron chi connectivity index (χ2n) is 5.12. The molecule has 0 aromatic carbocycles. The van der Waals surface area contributed by atoms with Crippen LogP contribution in [-0.2, 0) is 4.74 Å². The van der Waals surface area contributed by atoms with Crippen LogP contribution in [-0.4, -0.2) is 45.2 Å². The quantitative estimate of drug-likeness (QED) is 0.472. The fourth-order valence-corrected chi connectivity index (χ4v) is 2.36. The van der Waals surface area contributed by atoms with Gasteiger partial charge < -0.3 is 24.3 Å². The zero-order chi connectivity index (χ0) is 15.2. The molecule has 1 aliphatic heterocycles. The Kier molecular flexibility index (Phi) is 5.13. The molecule has 8 heteroatoms. The molecule has 116 valence electrons. The van der Waals surface area contributed by atoms with Gasteiger partial charge in [0.25, 0.3) is 0 Å². The Hall–Kier alpha value is -2.12. The van der Waals surface area contributed by atoms with Gasteiger partial charge in [0.1, 0.15) is 6.20 Å². The lowest BCUT2D eigenvalue weighted by molar-refractivity contribution is -0.389. The molecular formula is C13H20N4O4. The van der Waals surface area contributed by atoms with Gasteiger partial charge in [-0.25, -0.2) is 4.79 Å². The molecule has 1 amide bonds. The number of amides is 1. The molecule has 1 aromatic heterocycles. The van der Waals surface area contributed by atoms with E-state index in [-0.39, 0.29) is 18.0 Å². The summed E-state index contributed by atoms with van der Waals surface area (Å²) in [6, 6.07) is 0.144. The largest absolute Gasteiger partial charge is 0.449 e. The third-order valence-corrected chi connectivity index (χ3v) is 3.64. The molecule has 0 spiro atoms. The van der Waals surface area contributed by atoms with Crippen molar-refractivity contribution in [1.29, 1.82) is 0 Å². The number of carbonyl (C=O) groups is 1. The van der Waals surface area contributed by atoms with E-state index in [2.05, 4.69) is 4.98 Å². The summed E-state index contributed by atoms with van der Waals surface area (Å²) in [4.78, 5) is 27.4. The monoisotopic (exact) mass is 296 g/mol. The highest BCUT2D eigenvalue weighted by Crippen LogP contribution is 2.24. The lowest BCUT2D eigenvalue weighted by Gasteiger charge is -2.31. The van der Waals surface area contributed by atoms with Crippen LogP contribution in [0.15, 0.2) is 12.5 Å². The molecule has 21 heavy (non-hydrogen) atoms. The van der Waals surface area contributed by atoms with Crippen molar-refractivity contribution in [3.05, 3.63) is 22.6 Å². The molecule has 2 heterocycles. The van der Waals surface area contributed by atoms with Crippen LogP contribution in [0.1, 0.15) is 38.6 Å². The summed E-state index contributed by atoms with van der Waals surface area (Å²) in [6.07, 6.45) is 6.03. The third-order valence-electron chi connectivity index (χ3n) is 3.64. The highest BCUT2D eigenvalue weighted by atomic mass is 16.6. The van der Waals surface area contributed by atoms with Gasteiger partial charge in [0.2, 0.25) is 6.33 Å². The van der Waals surface area contributed by atoms with Crippen molar-refractivity contribution in [2.24, 2.45) is 0 Å². The van der Waals surface area contributed by atoms with E-state index in [1.807, 2.05) is 6.92 Å². The third kappa shape index (κ3) is 3.93. The van der Waals surface area contributed by atoms with E-state index in [9.17, 15) is 14.9 Å². The minimum atomic E-state index is -0.503. The molecule has 0 atom stereocenters. The Labute approximate surface area is 122 Å². The van der Waals surface area contributed by atoms with Crippen molar-refractivity contribution in [3.63, 3.8) is 0 Å². The lowest BCUT2D eigenvalue weighted by Crippen LogP contribution is -2.39. The molecule has 8 nitrogen and oxygen atoms in total. The highest BCUT2D eigenvalue weighted by molar-refractivity contribution is 5.67. The number of likely N-dealkylation sites (tertiary alicyclic amines) is 1.